The Morgan fingerprint density at radius 3 is 2.39 bits per heavy atom. The van der Waals surface area contributed by atoms with Crippen molar-refractivity contribution in [2.45, 2.75) is 20.8 Å². The van der Waals surface area contributed by atoms with Gasteiger partial charge in [0.05, 0.1) is 0 Å². The molecule has 0 atom stereocenters. The molecule has 4 heteroatoms. The molecule has 1 aromatic heterocycles. The number of fused-ring (bicyclic) bond motifs is 1. The summed E-state index contributed by atoms with van der Waals surface area (Å²) in [7, 11) is 0. The first-order valence-corrected chi connectivity index (χ1v) is 7.37. The van der Waals surface area contributed by atoms with E-state index in [1.807, 2.05) is 57.2 Å². The van der Waals surface area contributed by atoms with Crippen LogP contribution in [0.25, 0.3) is 11.0 Å². The smallest absolute Gasteiger partial charge is 0.349 e. The normalized spacial score (nSPS) is 10.7. The van der Waals surface area contributed by atoms with Gasteiger partial charge in [-0.1, -0.05) is 24.3 Å². The number of hydrogen-bond donors (Lipinski definition) is 1. The SMILES string of the molecule is Cc1cc(C)cc(NC(=O)c2cc3cccc(C)c3oc2=O)c1. The predicted molar refractivity (Wildman–Crippen MR) is 91.1 cm³/mol. The van der Waals surface area contributed by atoms with Gasteiger partial charge in [-0.05, 0) is 55.7 Å². The van der Waals surface area contributed by atoms with Gasteiger partial charge in [0.15, 0.2) is 0 Å². The molecule has 3 rings (SSSR count). The van der Waals surface area contributed by atoms with Crippen LogP contribution in [-0.4, -0.2) is 5.91 Å². The quantitative estimate of drug-likeness (QED) is 0.729. The standard InChI is InChI=1S/C19H17NO3/c1-11-7-12(2)9-15(8-11)20-18(21)16-10-14-6-4-5-13(3)17(14)23-19(16)22/h4-10H,1-3H3,(H,20,21). The van der Waals surface area contributed by atoms with Crippen molar-refractivity contribution >= 4 is 22.6 Å². The minimum atomic E-state index is -0.631. The Kier molecular flexibility index (Phi) is 3.74. The summed E-state index contributed by atoms with van der Waals surface area (Å²) in [6, 6.07) is 12.9. The lowest BCUT2D eigenvalue weighted by Gasteiger charge is -2.08. The van der Waals surface area contributed by atoms with Gasteiger partial charge in [-0.15, -0.1) is 0 Å². The van der Waals surface area contributed by atoms with E-state index in [4.69, 9.17) is 4.42 Å². The van der Waals surface area contributed by atoms with E-state index in [0.29, 0.717) is 11.3 Å². The average Bonchev–Trinajstić information content (AvgIpc) is 2.46. The van der Waals surface area contributed by atoms with Gasteiger partial charge in [0.1, 0.15) is 11.1 Å². The Labute approximate surface area is 133 Å². The Hall–Kier alpha value is -2.88. The zero-order valence-electron chi connectivity index (χ0n) is 13.3. The lowest BCUT2D eigenvalue weighted by Crippen LogP contribution is -2.20. The Morgan fingerprint density at radius 1 is 1.00 bits per heavy atom. The van der Waals surface area contributed by atoms with Gasteiger partial charge in [0.2, 0.25) is 0 Å². The Balaban J connectivity index is 2.01. The molecule has 0 saturated heterocycles. The fraction of sp³-hybridized carbons (Fsp3) is 0.158. The molecule has 0 aliphatic heterocycles. The molecule has 0 unspecified atom stereocenters. The van der Waals surface area contributed by atoms with Gasteiger partial charge in [-0.25, -0.2) is 4.79 Å². The van der Waals surface area contributed by atoms with Crippen molar-refractivity contribution in [3.63, 3.8) is 0 Å². The number of rotatable bonds is 2. The first-order valence-electron chi connectivity index (χ1n) is 7.37. The largest absolute Gasteiger partial charge is 0.422 e. The minimum absolute atomic E-state index is 0.00209. The maximum Gasteiger partial charge on any atom is 0.349 e. The number of hydrogen-bond acceptors (Lipinski definition) is 3. The van der Waals surface area contributed by atoms with Crippen LogP contribution in [0.4, 0.5) is 5.69 Å². The molecule has 1 N–H and O–H groups in total. The van der Waals surface area contributed by atoms with Gasteiger partial charge >= 0.3 is 5.63 Å². The van der Waals surface area contributed by atoms with E-state index in [9.17, 15) is 9.59 Å². The molecule has 0 aliphatic carbocycles. The van der Waals surface area contributed by atoms with Crippen LogP contribution in [0.1, 0.15) is 27.0 Å². The third kappa shape index (κ3) is 3.01. The monoisotopic (exact) mass is 307 g/mol. The molecular weight excluding hydrogens is 290 g/mol. The molecule has 0 spiro atoms. The van der Waals surface area contributed by atoms with E-state index in [2.05, 4.69) is 5.32 Å². The average molecular weight is 307 g/mol. The fourth-order valence-corrected chi connectivity index (χ4v) is 2.69. The molecule has 0 fully saturated rings. The van der Waals surface area contributed by atoms with Crippen LogP contribution in [0.2, 0.25) is 0 Å². The second-order valence-electron chi connectivity index (χ2n) is 5.77. The number of carbonyl (C=O) groups excluding carboxylic acids is 1. The summed E-state index contributed by atoms with van der Waals surface area (Å²) in [4.78, 5) is 24.5. The van der Waals surface area contributed by atoms with Crippen LogP contribution in [0, 0.1) is 20.8 Å². The van der Waals surface area contributed by atoms with Crippen LogP contribution in [0.3, 0.4) is 0 Å². The first kappa shape index (κ1) is 15.0. The highest BCUT2D eigenvalue weighted by molar-refractivity contribution is 6.05. The molecule has 3 aromatic rings. The van der Waals surface area contributed by atoms with E-state index in [0.717, 1.165) is 22.1 Å². The molecule has 0 bridgehead atoms. The first-order chi connectivity index (χ1) is 10.9. The Bertz CT molecular complexity index is 950. The number of para-hydroxylation sites is 1. The van der Waals surface area contributed by atoms with Gasteiger partial charge in [0, 0.05) is 11.1 Å². The topological polar surface area (TPSA) is 59.3 Å². The van der Waals surface area contributed by atoms with E-state index in [1.54, 1.807) is 6.07 Å². The molecule has 0 saturated carbocycles. The third-order valence-electron chi connectivity index (χ3n) is 3.68. The van der Waals surface area contributed by atoms with E-state index < -0.39 is 11.5 Å². The summed E-state index contributed by atoms with van der Waals surface area (Å²) in [5.74, 6) is -0.466. The fourth-order valence-electron chi connectivity index (χ4n) is 2.69. The van der Waals surface area contributed by atoms with Gasteiger partial charge in [0.25, 0.3) is 5.91 Å². The molecule has 116 valence electrons. The van der Waals surface area contributed by atoms with Crippen LogP contribution in [0.5, 0.6) is 0 Å². The zero-order valence-corrected chi connectivity index (χ0v) is 13.3. The van der Waals surface area contributed by atoms with Crippen molar-refractivity contribution < 1.29 is 9.21 Å². The second kappa shape index (κ2) is 5.72. The number of amides is 1. The summed E-state index contributed by atoms with van der Waals surface area (Å²) < 4.78 is 5.31. The van der Waals surface area contributed by atoms with Crippen molar-refractivity contribution in [2.24, 2.45) is 0 Å². The summed E-state index contributed by atoms with van der Waals surface area (Å²) in [5.41, 5.74) is 3.50. The Morgan fingerprint density at radius 2 is 1.70 bits per heavy atom. The molecule has 23 heavy (non-hydrogen) atoms. The van der Waals surface area contributed by atoms with E-state index >= 15 is 0 Å². The van der Waals surface area contributed by atoms with E-state index in [1.165, 1.54) is 0 Å². The summed E-state index contributed by atoms with van der Waals surface area (Å²) in [6.07, 6.45) is 0. The van der Waals surface area contributed by atoms with Crippen molar-refractivity contribution in [3.8, 4) is 0 Å². The van der Waals surface area contributed by atoms with Crippen LogP contribution in [-0.2, 0) is 0 Å². The highest BCUT2D eigenvalue weighted by Gasteiger charge is 2.15. The summed E-state index contributed by atoms with van der Waals surface area (Å²) in [6.45, 7) is 5.77. The second-order valence-corrected chi connectivity index (χ2v) is 5.77. The lowest BCUT2D eigenvalue weighted by atomic mass is 10.1. The molecule has 4 nitrogen and oxygen atoms in total. The zero-order chi connectivity index (χ0) is 16.6. The molecular formula is C19H17NO3. The van der Waals surface area contributed by atoms with Gasteiger partial charge < -0.3 is 9.73 Å². The number of aryl methyl sites for hydroxylation is 3. The van der Waals surface area contributed by atoms with Crippen molar-refractivity contribution in [1.29, 1.82) is 0 Å². The highest BCUT2D eigenvalue weighted by Crippen LogP contribution is 2.19. The van der Waals surface area contributed by atoms with Crippen molar-refractivity contribution in [3.05, 3.63) is 75.1 Å². The molecule has 2 aromatic carbocycles. The van der Waals surface area contributed by atoms with Crippen LogP contribution in [0.15, 0.2) is 51.7 Å². The molecule has 0 aliphatic rings. The number of carbonyl (C=O) groups is 1. The van der Waals surface area contributed by atoms with E-state index in [-0.39, 0.29) is 5.56 Å². The molecule has 0 radical (unpaired) electrons. The highest BCUT2D eigenvalue weighted by atomic mass is 16.4. The number of nitrogens with one attached hydrogen (secondary N) is 1. The maximum absolute atomic E-state index is 12.4. The maximum atomic E-state index is 12.4. The van der Waals surface area contributed by atoms with Crippen molar-refractivity contribution in [1.82, 2.24) is 0 Å². The third-order valence-corrected chi connectivity index (χ3v) is 3.68. The van der Waals surface area contributed by atoms with Crippen LogP contribution >= 0.6 is 0 Å². The van der Waals surface area contributed by atoms with Gasteiger partial charge in [-0.2, -0.15) is 0 Å². The predicted octanol–water partition coefficient (Wildman–Crippen LogP) is 3.97. The summed E-state index contributed by atoms with van der Waals surface area (Å²) in [5, 5.41) is 3.49. The number of anilines is 1. The number of benzene rings is 2. The lowest BCUT2D eigenvalue weighted by molar-refractivity contribution is 0.102. The molecule has 1 heterocycles. The summed E-state index contributed by atoms with van der Waals surface area (Å²) >= 11 is 0. The van der Waals surface area contributed by atoms with Crippen LogP contribution < -0.4 is 10.9 Å². The minimum Gasteiger partial charge on any atom is -0.422 e. The molecule has 1 amide bonds. The van der Waals surface area contributed by atoms with Gasteiger partial charge in [-0.3, -0.25) is 4.79 Å². The van der Waals surface area contributed by atoms with Crippen molar-refractivity contribution in [2.75, 3.05) is 5.32 Å².